The summed E-state index contributed by atoms with van der Waals surface area (Å²) < 4.78 is 44.6. The molecule has 2 aromatic heterocycles. The number of rotatable bonds is 6. The van der Waals surface area contributed by atoms with Gasteiger partial charge in [-0.2, -0.15) is 18.3 Å². The number of aromatic nitrogens is 2. The molecule has 0 bridgehead atoms. The van der Waals surface area contributed by atoms with Crippen molar-refractivity contribution in [2.24, 2.45) is 12.8 Å². The summed E-state index contributed by atoms with van der Waals surface area (Å²) in [5, 5.41) is 14.6. The van der Waals surface area contributed by atoms with E-state index in [0.29, 0.717) is 46.6 Å². The quantitative estimate of drug-likeness (QED) is 0.460. The van der Waals surface area contributed by atoms with Crippen LogP contribution < -0.4 is 15.8 Å². The number of nitrogens with two attached hydrogens (primary N) is 1. The van der Waals surface area contributed by atoms with Crippen LogP contribution in [0.15, 0.2) is 34.9 Å². The van der Waals surface area contributed by atoms with Gasteiger partial charge in [0.05, 0.1) is 16.9 Å². The van der Waals surface area contributed by atoms with E-state index in [9.17, 15) is 18.0 Å². The summed E-state index contributed by atoms with van der Waals surface area (Å²) in [6, 6.07) is 7.01. The lowest BCUT2D eigenvalue weighted by atomic mass is 10.1. The summed E-state index contributed by atoms with van der Waals surface area (Å²) in [6.45, 7) is 4.45. The van der Waals surface area contributed by atoms with Crippen LogP contribution in [0.4, 0.5) is 18.9 Å². The Labute approximate surface area is 197 Å². The lowest BCUT2D eigenvalue weighted by molar-refractivity contribution is -0.192. The maximum atomic E-state index is 12.5. The second kappa shape index (κ2) is 11.1. The molecule has 13 heteroatoms. The number of halogens is 4. The van der Waals surface area contributed by atoms with Crippen molar-refractivity contribution < 1.29 is 37.0 Å². The van der Waals surface area contributed by atoms with Crippen molar-refractivity contribution in [1.82, 2.24) is 9.78 Å². The molecule has 0 fully saturated rings. The largest absolute Gasteiger partial charge is 0.492 e. The summed E-state index contributed by atoms with van der Waals surface area (Å²) in [7, 11) is 1.79. The molecule has 0 aliphatic carbocycles. The van der Waals surface area contributed by atoms with Gasteiger partial charge < -0.3 is 25.3 Å². The topological polar surface area (TPSA) is 133 Å². The van der Waals surface area contributed by atoms with Gasteiger partial charge in [-0.15, -0.1) is 0 Å². The molecule has 34 heavy (non-hydrogen) atoms. The van der Waals surface area contributed by atoms with E-state index < -0.39 is 12.1 Å². The van der Waals surface area contributed by atoms with Crippen molar-refractivity contribution in [2.45, 2.75) is 20.0 Å². The summed E-state index contributed by atoms with van der Waals surface area (Å²) in [5.41, 5.74) is 8.44. The Kier molecular flexibility index (Phi) is 8.71. The van der Waals surface area contributed by atoms with Gasteiger partial charge in [0, 0.05) is 24.8 Å². The van der Waals surface area contributed by atoms with Gasteiger partial charge in [0.25, 0.3) is 5.91 Å². The van der Waals surface area contributed by atoms with Gasteiger partial charge >= 0.3 is 12.1 Å². The number of aliphatic carboxylic acids is 1. The number of carboxylic acid groups (broad SMARTS) is 1. The van der Waals surface area contributed by atoms with Gasteiger partial charge in [-0.05, 0) is 43.7 Å². The Bertz CT molecular complexity index is 1130. The van der Waals surface area contributed by atoms with Crippen LogP contribution in [-0.2, 0) is 11.8 Å². The highest BCUT2D eigenvalue weighted by atomic mass is 35.5. The number of aryl methyl sites for hydroxylation is 3. The van der Waals surface area contributed by atoms with E-state index in [1.54, 1.807) is 42.2 Å². The number of hydrogen-bond donors (Lipinski definition) is 3. The predicted molar refractivity (Wildman–Crippen MR) is 118 cm³/mol. The summed E-state index contributed by atoms with van der Waals surface area (Å²) >= 11 is 6.29. The minimum absolute atomic E-state index is 0.258. The number of hydrogen-bond acceptors (Lipinski definition) is 6. The van der Waals surface area contributed by atoms with Crippen molar-refractivity contribution >= 4 is 29.2 Å². The highest BCUT2D eigenvalue weighted by molar-refractivity contribution is 6.33. The van der Waals surface area contributed by atoms with E-state index >= 15 is 0 Å². The number of anilines is 1. The van der Waals surface area contributed by atoms with Gasteiger partial charge in [-0.3, -0.25) is 9.48 Å². The molecule has 9 nitrogen and oxygen atoms in total. The maximum Gasteiger partial charge on any atom is 0.490 e. The lowest BCUT2D eigenvalue weighted by Gasteiger charge is -2.14. The Morgan fingerprint density at radius 1 is 1.29 bits per heavy atom. The molecule has 4 N–H and O–H groups in total. The first-order valence-electron chi connectivity index (χ1n) is 9.68. The van der Waals surface area contributed by atoms with E-state index in [0.717, 1.165) is 5.56 Å². The molecule has 0 aliphatic rings. The number of carbonyl (C=O) groups excluding carboxylic acids is 1. The number of ether oxygens (including phenoxy) is 1. The summed E-state index contributed by atoms with van der Waals surface area (Å²) in [6.07, 6.45) is -3.52. The fraction of sp³-hybridized carbons (Fsp3) is 0.286. The lowest BCUT2D eigenvalue weighted by Crippen LogP contribution is -2.21. The van der Waals surface area contributed by atoms with Crippen molar-refractivity contribution in [1.29, 1.82) is 0 Å². The van der Waals surface area contributed by atoms with E-state index in [1.807, 2.05) is 13.8 Å². The zero-order valence-electron chi connectivity index (χ0n) is 18.4. The third-order valence-electron chi connectivity index (χ3n) is 4.39. The Morgan fingerprint density at radius 2 is 1.94 bits per heavy atom. The molecular weight excluding hydrogens is 481 g/mol. The minimum atomic E-state index is -5.08. The fourth-order valence-electron chi connectivity index (χ4n) is 2.68. The molecule has 0 radical (unpaired) electrons. The molecule has 0 aliphatic heterocycles. The van der Waals surface area contributed by atoms with Gasteiger partial charge in [0.15, 0.2) is 5.76 Å². The first-order valence-corrected chi connectivity index (χ1v) is 10.1. The molecule has 0 saturated carbocycles. The van der Waals surface area contributed by atoms with Crippen LogP contribution in [0.2, 0.25) is 5.02 Å². The van der Waals surface area contributed by atoms with Crippen LogP contribution in [0, 0.1) is 13.8 Å². The molecule has 1 aromatic carbocycles. The van der Waals surface area contributed by atoms with Gasteiger partial charge in [0.1, 0.15) is 18.1 Å². The van der Waals surface area contributed by atoms with Crippen molar-refractivity contribution in [2.75, 3.05) is 18.5 Å². The molecule has 0 saturated heterocycles. The predicted octanol–water partition coefficient (Wildman–Crippen LogP) is 4.17. The Morgan fingerprint density at radius 3 is 2.41 bits per heavy atom. The number of nitrogens with one attached hydrogen (secondary N) is 1. The molecule has 0 spiro atoms. The minimum Gasteiger partial charge on any atom is -0.492 e. The summed E-state index contributed by atoms with van der Waals surface area (Å²) in [5.74, 6) is -1.51. The van der Waals surface area contributed by atoms with Crippen LogP contribution >= 0.6 is 11.6 Å². The van der Waals surface area contributed by atoms with E-state index in [2.05, 4.69) is 10.4 Å². The van der Waals surface area contributed by atoms with Crippen LogP contribution in [0.3, 0.4) is 0 Å². The second-order valence-electron chi connectivity index (χ2n) is 6.92. The normalized spacial score (nSPS) is 10.9. The monoisotopic (exact) mass is 502 g/mol. The van der Waals surface area contributed by atoms with Gasteiger partial charge in [-0.1, -0.05) is 11.6 Å². The van der Waals surface area contributed by atoms with E-state index in [-0.39, 0.29) is 11.7 Å². The fourth-order valence-corrected chi connectivity index (χ4v) is 2.95. The van der Waals surface area contributed by atoms with Crippen molar-refractivity contribution in [3.8, 4) is 17.0 Å². The van der Waals surface area contributed by atoms with Crippen LogP contribution in [-0.4, -0.2) is 46.1 Å². The average molecular weight is 503 g/mol. The van der Waals surface area contributed by atoms with Gasteiger partial charge in [0.2, 0.25) is 0 Å². The first-order chi connectivity index (χ1) is 15.8. The third-order valence-corrected chi connectivity index (χ3v) is 4.67. The zero-order chi connectivity index (χ0) is 25.6. The smallest absolute Gasteiger partial charge is 0.490 e. The maximum absolute atomic E-state index is 12.5. The first kappa shape index (κ1) is 26.7. The molecule has 1 amide bonds. The molecular formula is C21H22ClF3N4O5. The molecule has 0 unspecified atom stereocenters. The Balaban J connectivity index is 0.000000509. The molecule has 2 heterocycles. The number of furan rings is 1. The molecule has 0 atom stereocenters. The highest BCUT2D eigenvalue weighted by Crippen LogP contribution is 2.36. The van der Waals surface area contributed by atoms with Crippen LogP contribution in [0.5, 0.6) is 5.75 Å². The molecule has 184 valence electrons. The van der Waals surface area contributed by atoms with Crippen molar-refractivity contribution in [3.63, 3.8) is 0 Å². The SMILES string of the molecule is Cc1cc(C(=O)Nc2ccc(OCCN)c(-c3c(Cl)cnn3C)c2)oc1C.O=C(O)C(F)(F)F. The zero-order valence-corrected chi connectivity index (χ0v) is 19.1. The number of alkyl halides is 3. The summed E-state index contributed by atoms with van der Waals surface area (Å²) in [4.78, 5) is 21.4. The third kappa shape index (κ3) is 6.75. The number of benzene rings is 1. The van der Waals surface area contributed by atoms with Crippen LogP contribution in [0.25, 0.3) is 11.3 Å². The average Bonchev–Trinajstić information content (AvgIpc) is 3.27. The molecule has 3 aromatic rings. The standard InChI is InChI=1S/C19H21ClN4O3.C2HF3O2/c1-11-8-17(27-12(11)2)19(25)23-13-4-5-16(26-7-6-21)14(9-13)18-15(20)10-22-24(18)3;3-2(4,5)1(6)7/h4-5,8-10H,6-7,21H2,1-3H3,(H,23,25);(H,6,7). The van der Waals surface area contributed by atoms with Crippen LogP contribution in [0.1, 0.15) is 21.9 Å². The number of carbonyl (C=O) groups is 2. The second-order valence-corrected chi connectivity index (χ2v) is 7.33. The van der Waals surface area contributed by atoms with Gasteiger partial charge in [-0.25, -0.2) is 4.79 Å². The molecule has 3 rings (SSSR count). The van der Waals surface area contributed by atoms with Crippen molar-refractivity contribution in [3.05, 3.63) is 52.6 Å². The Hall–Kier alpha value is -3.51. The number of carboxylic acids is 1. The van der Waals surface area contributed by atoms with E-state index in [4.69, 9.17) is 36.4 Å². The number of amides is 1. The highest BCUT2D eigenvalue weighted by Gasteiger charge is 2.38. The van der Waals surface area contributed by atoms with E-state index in [1.165, 1.54) is 0 Å². The number of nitrogens with zero attached hydrogens (tertiary/aromatic N) is 2.